The molecule has 0 radical (unpaired) electrons. The number of rotatable bonds is 4. The van der Waals surface area contributed by atoms with Gasteiger partial charge in [-0.2, -0.15) is 0 Å². The van der Waals surface area contributed by atoms with Crippen molar-refractivity contribution in [2.24, 2.45) is 17.6 Å². The number of carbonyl (C=O) groups excluding carboxylic acids is 2. The van der Waals surface area contributed by atoms with Crippen LogP contribution in [0.2, 0.25) is 0 Å². The summed E-state index contributed by atoms with van der Waals surface area (Å²) >= 11 is 0. The summed E-state index contributed by atoms with van der Waals surface area (Å²) in [4.78, 5) is 26.0. The molecule has 1 aliphatic carbocycles. The predicted molar refractivity (Wildman–Crippen MR) is 87.9 cm³/mol. The Hall–Kier alpha value is -1.53. The molecule has 132 valence electrons. The van der Waals surface area contributed by atoms with E-state index in [0.29, 0.717) is 31.0 Å². The molecule has 1 aromatic carbocycles. The molecule has 24 heavy (non-hydrogen) atoms. The average molecular weight is 359 g/mol. The Labute approximate surface area is 145 Å². The zero-order valence-corrected chi connectivity index (χ0v) is 14.0. The zero-order chi connectivity index (χ0) is 16.6. The summed E-state index contributed by atoms with van der Waals surface area (Å²) in [5, 5.41) is 0. The Bertz CT molecular complexity index is 641. The van der Waals surface area contributed by atoms with Crippen LogP contribution in [0.1, 0.15) is 36.0 Å². The lowest BCUT2D eigenvalue weighted by Crippen LogP contribution is -2.33. The van der Waals surface area contributed by atoms with Gasteiger partial charge >= 0.3 is 0 Å². The molecule has 0 aromatic heterocycles. The van der Waals surface area contributed by atoms with Crippen LogP contribution in [-0.2, 0) is 4.79 Å². The summed E-state index contributed by atoms with van der Waals surface area (Å²) in [5.74, 6) is -1.35. The van der Waals surface area contributed by atoms with Crippen LogP contribution < -0.4 is 5.73 Å². The lowest BCUT2D eigenvalue weighted by atomic mass is 9.98. The van der Waals surface area contributed by atoms with Crippen LogP contribution in [0.3, 0.4) is 0 Å². The highest BCUT2D eigenvalue weighted by Crippen LogP contribution is 2.37. The van der Waals surface area contributed by atoms with E-state index in [1.54, 1.807) is 4.90 Å². The summed E-state index contributed by atoms with van der Waals surface area (Å²) in [7, 11) is 0. The first-order chi connectivity index (χ1) is 11.0. The zero-order valence-electron chi connectivity index (χ0n) is 13.2. The third kappa shape index (κ3) is 3.75. The van der Waals surface area contributed by atoms with Crippen LogP contribution in [0.5, 0.6) is 0 Å². The number of Topliss-reactive ketones (excluding diaryl/α,β-unsaturated/α-hetero) is 1. The highest BCUT2D eigenvalue weighted by molar-refractivity contribution is 5.98. The maximum Gasteiger partial charge on any atom is 0.223 e. The van der Waals surface area contributed by atoms with Gasteiger partial charge in [0.05, 0.1) is 5.56 Å². The van der Waals surface area contributed by atoms with E-state index in [4.69, 9.17) is 5.73 Å². The summed E-state index contributed by atoms with van der Waals surface area (Å²) in [6.45, 7) is 1.36. The Morgan fingerprint density at radius 1 is 1.17 bits per heavy atom. The number of amides is 1. The van der Waals surface area contributed by atoms with E-state index < -0.39 is 17.4 Å². The number of likely N-dealkylation sites (tertiary alicyclic amines) is 1. The molecule has 1 aromatic rings. The first-order valence-corrected chi connectivity index (χ1v) is 7.97. The van der Waals surface area contributed by atoms with Gasteiger partial charge < -0.3 is 10.6 Å². The topological polar surface area (TPSA) is 63.4 Å². The molecular formula is C17H21ClF2N2O2. The number of benzene rings is 1. The standard InChI is InChI=1S/C17H20F2N2O2.ClH/c18-11-2-3-12(14(19)7-11)16(22)5-6-17(23)21-8-10-1-4-15(20)13(10)9-21;/h2-3,7,10,13,15H,1,4-6,8-9,20H2;1H. The number of hydrogen-bond acceptors (Lipinski definition) is 3. The smallest absolute Gasteiger partial charge is 0.223 e. The highest BCUT2D eigenvalue weighted by atomic mass is 35.5. The van der Waals surface area contributed by atoms with Crippen molar-refractivity contribution < 1.29 is 18.4 Å². The van der Waals surface area contributed by atoms with Gasteiger partial charge in [-0.25, -0.2) is 8.78 Å². The number of nitrogens with zero attached hydrogens (tertiary/aromatic N) is 1. The second kappa shape index (κ2) is 7.57. The van der Waals surface area contributed by atoms with Crippen LogP contribution >= 0.6 is 12.4 Å². The fraction of sp³-hybridized carbons (Fsp3) is 0.529. The molecule has 7 heteroatoms. The van der Waals surface area contributed by atoms with Crippen molar-refractivity contribution in [3.8, 4) is 0 Å². The quantitative estimate of drug-likeness (QED) is 0.841. The normalized spacial score (nSPS) is 25.3. The van der Waals surface area contributed by atoms with Crippen LogP contribution in [0.4, 0.5) is 8.78 Å². The molecule has 2 N–H and O–H groups in total. The van der Waals surface area contributed by atoms with Crippen molar-refractivity contribution in [1.82, 2.24) is 4.90 Å². The molecule has 2 fully saturated rings. The molecule has 1 aliphatic heterocycles. The molecule has 1 saturated heterocycles. The molecule has 4 nitrogen and oxygen atoms in total. The first-order valence-electron chi connectivity index (χ1n) is 7.97. The van der Waals surface area contributed by atoms with Gasteiger partial charge in [-0.05, 0) is 36.8 Å². The molecule has 3 unspecified atom stereocenters. The minimum Gasteiger partial charge on any atom is -0.342 e. The lowest BCUT2D eigenvalue weighted by Gasteiger charge is -2.18. The van der Waals surface area contributed by atoms with E-state index in [9.17, 15) is 18.4 Å². The van der Waals surface area contributed by atoms with Crippen molar-refractivity contribution in [1.29, 1.82) is 0 Å². The fourth-order valence-corrected chi connectivity index (χ4v) is 3.74. The molecule has 0 bridgehead atoms. The van der Waals surface area contributed by atoms with Crippen LogP contribution in [-0.4, -0.2) is 35.7 Å². The SMILES string of the molecule is Cl.NC1CCC2CN(C(=O)CCC(=O)c3ccc(F)cc3F)CC12. The highest BCUT2D eigenvalue weighted by Gasteiger charge is 2.42. The minimum atomic E-state index is -0.885. The molecule has 1 saturated carbocycles. The largest absolute Gasteiger partial charge is 0.342 e. The summed E-state index contributed by atoms with van der Waals surface area (Å²) < 4.78 is 26.4. The van der Waals surface area contributed by atoms with Gasteiger partial charge in [0.15, 0.2) is 5.78 Å². The van der Waals surface area contributed by atoms with Gasteiger partial charge in [-0.1, -0.05) is 0 Å². The first kappa shape index (κ1) is 18.8. The maximum atomic E-state index is 13.6. The molecule has 1 amide bonds. The van der Waals surface area contributed by atoms with Crippen LogP contribution in [0.25, 0.3) is 0 Å². The van der Waals surface area contributed by atoms with Gasteiger partial charge in [-0.3, -0.25) is 9.59 Å². The molecule has 0 spiro atoms. The van der Waals surface area contributed by atoms with Gasteiger partial charge in [0.25, 0.3) is 0 Å². The van der Waals surface area contributed by atoms with Crippen LogP contribution in [0, 0.1) is 23.5 Å². The van der Waals surface area contributed by atoms with E-state index in [0.717, 1.165) is 25.0 Å². The fourth-order valence-electron chi connectivity index (χ4n) is 3.74. The van der Waals surface area contributed by atoms with Crippen molar-refractivity contribution in [2.75, 3.05) is 13.1 Å². The molecule has 2 aliphatic rings. The lowest BCUT2D eigenvalue weighted by molar-refractivity contribution is -0.130. The molecule has 1 heterocycles. The Balaban J connectivity index is 0.00000208. The van der Waals surface area contributed by atoms with E-state index in [1.807, 2.05) is 0 Å². The van der Waals surface area contributed by atoms with Crippen molar-refractivity contribution >= 4 is 24.1 Å². The Morgan fingerprint density at radius 3 is 2.58 bits per heavy atom. The Kier molecular flexibility index (Phi) is 5.93. The average Bonchev–Trinajstić information content (AvgIpc) is 3.07. The van der Waals surface area contributed by atoms with E-state index in [-0.39, 0.29) is 42.8 Å². The van der Waals surface area contributed by atoms with Crippen molar-refractivity contribution in [2.45, 2.75) is 31.7 Å². The van der Waals surface area contributed by atoms with E-state index in [1.165, 1.54) is 0 Å². The monoisotopic (exact) mass is 358 g/mol. The molecular weight excluding hydrogens is 338 g/mol. The number of hydrogen-bond donors (Lipinski definition) is 1. The van der Waals surface area contributed by atoms with Gasteiger partial charge in [0.2, 0.25) is 5.91 Å². The molecule has 3 rings (SSSR count). The second-order valence-electron chi connectivity index (χ2n) is 6.51. The van der Waals surface area contributed by atoms with Crippen molar-refractivity contribution in [3.63, 3.8) is 0 Å². The predicted octanol–water partition coefficient (Wildman–Crippen LogP) is 2.55. The van der Waals surface area contributed by atoms with Gasteiger partial charge in [0, 0.05) is 38.0 Å². The number of carbonyl (C=O) groups is 2. The van der Waals surface area contributed by atoms with E-state index in [2.05, 4.69) is 0 Å². The van der Waals surface area contributed by atoms with Gasteiger partial charge in [0.1, 0.15) is 11.6 Å². The summed E-state index contributed by atoms with van der Waals surface area (Å²) in [6.07, 6.45) is 2.04. The number of ketones is 1. The third-order valence-electron chi connectivity index (χ3n) is 5.06. The minimum absolute atomic E-state index is 0. The summed E-state index contributed by atoms with van der Waals surface area (Å²) in [6, 6.07) is 3.00. The summed E-state index contributed by atoms with van der Waals surface area (Å²) in [5.41, 5.74) is 5.88. The van der Waals surface area contributed by atoms with Crippen LogP contribution in [0.15, 0.2) is 18.2 Å². The number of nitrogens with two attached hydrogens (primary N) is 1. The van der Waals surface area contributed by atoms with E-state index >= 15 is 0 Å². The number of fused-ring (bicyclic) bond motifs is 1. The second-order valence-corrected chi connectivity index (χ2v) is 6.51. The van der Waals surface area contributed by atoms with Gasteiger partial charge in [-0.15, -0.1) is 12.4 Å². The van der Waals surface area contributed by atoms with Crippen molar-refractivity contribution in [3.05, 3.63) is 35.4 Å². The molecule has 3 atom stereocenters. The third-order valence-corrected chi connectivity index (χ3v) is 5.06. The number of halogens is 3. The maximum absolute atomic E-state index is 13.6. The Morgan fingerprint density at radius 2 is 1.92 bits per heavy atom.